The molecule has 1 atom stereocenters. The number of carbonyl (C=O) groups is 1. The summed E-state index contributed by atoms with van der Waals surface area (Å²) in [6.45, 7) is 4.81. The van der Waals surface area contributed by atoms with Gasteiger partial charge in [0, 0.05) is 12.2 Å². The molecule has 0 spiro atoms. The van der Waals surface area contributed by atoms with Gasteiger partial charge in [-0.15, -0.1) is 0 Å². The van der Waals surface area contributed by atoms with E-state index in [1.165, 1.54) is 0 Å². The molecule has 0 aromatic heterocycles. The van der Waals surface area contributed by atoms with Crippen molar-refractivity contribution in [1.82, 2.24) is 5.32 Å². The molecule has 0 heterocycles. The second kappa shape index (κ2) is 8.67. The van der Waals surface area contributed by atoms with Crippen LogP contribution in [0.2, 0.25) is 0 Å². The van der Waals surface area contributed by atoms with Gasteiger partial charge in [-0.1, -0.05) is 44.9 Å². The van der Waals surface area contributed by atoms with Crippen LogP contribution in [-0.4, -0.2) is 30.2 Å². The minimum absolute atomic E-state index is 0.0945. The molecule has 0 bridgehead atoms. The molecule has 1 rings (SSSR count). The normalized spacial score (nSPS) is 12.4. The molecular formula is C15H24N2O2. The van der Waals surface area contributed by atoms with E-state index in [4.69, 9.17) is 0 Å². The predicted octanol–water partition coefficient (Wildman–Crippen LogP) is 2.01. The van der Waals surface area contributed by atoms with Crippen molar-refractivity contribution in [3.63, 3.8) is 0 Å². The summed E-state index contributed by atoms with van der Waals surface area (Å²) in [5.74, 6) is 0.202. The van der Waals surface area contributed by atoms with Gasteiger partial charge in [-0.05, 0) is 18.1 Å². The lowest BCUT2D eigenvalue weighted by Gasteiger charge is -2.20. The van der Waals surface area contributed by atoms with Gasteiger partial charge >= 0.3 is 0 Å². The van der Waals surface area contributed by atoms with Crippen LogP contribution in [-0.2, 0) is 4.79 Å². The summed E-state index contributed by atoms with van der Waals surface area (Å²) in [6, 6.07) is 9.34. The van der Waals surface area contributed by atoms with Gasteiger partial charge in [0.2, 0.25) is 5.91 Å². The first-order valence-corrected chi connectivity index (χ1v) is 6.91. The topological polar surface area (TPSA) is 61.4 Å². The van der Waals surface area contributed by atoms with Crippen LogP contribution in [0.4, 0.5) is 5.69 Å². The first-order chi connectivity index (χ1) is 9.17. The van der Waals surface area contributed by atoms with Crippen molar-refractivity contribution < 1.29 is 9.90 Å². The molecule has 4 nitrogen and oxygen atoms in total. The lowest BCUT2D eigenvalue weighted by molar-refractivity contribution is -0.115. The zero-order chi connectivity index (χ0) is 14.1. The standard InChI is InChI=1S/C15H24N2O2/c1-3-12(4-2)14(18)10-16-11-15(19)17-13-8-6-5-7-9-13/h5-9,12,14,16,18H,3-4,10-11H2,1-2H3,(H,17,19). The van der Waals surface area contributed by atoms with Crippen LogP contribution in [0.3, 0.4) is 0 Å². The molecule has 1 aromatic carbocycles. The minimum Gasteiger partial charge on any atom is -0.392 e. The second-order valence-electron chi connectivity index (χ2n) is 4.69. The van der Waals surface area contributed by atoms with Crippen LogP contribution < -0.4 is 10.6 Å². The van der Waals surface area contributed by atoms with Crippen LogP contribution in [0.15, 0.2) is 30.3 Å². The van der Waals surface area contributed by atoms with Crippen molar-refractivity contribution in [2.75, 3.05) is 18.4 Å². The minimum atomic E-state index is -0.389. The number of para-hydroxylation sites is 1. The second-order valence-corrected chi connectivity index (χ2v) is 4.69. The summed E-state index contributed by atoms with van der Waals surface area (Å²) in [7, 11) is 0. The molecule has 4 heteroatoms. The highest BCUT2D eigenvalue weighted by atomic mass is 16.3. The highest BCUT2D eigenvalue weighted by molar-refractivity contribution is 5.92. The summed E-state index contributed by atoms with van der Waals surface area (Å²) in [4.78, 5) is 11.6. The Labute approximate surface area is 115 Å². The van der Waals surface area contributed by atoms with Gasteiger partial charge in [-0.25, -0.2) is 0 Å². The molecule has 3 N–H and O–H groups in total. The summed E-state index contributed by atoms with van der Waals surface area (Å²) in [5.41, 5.74) is 0.787. The fourth-order valence-corrected chi connectivity index (χ4v) is 2.06. The van der Waals surface area contributed by atoms with Crippen LogP contribution in [0.25, 0.3) is 0 Å². The fraction of sp³-hybridized carbons (Fsp3) is 0.533. The lowest BCUT2D eigenvalue weighted by Crippen LogP contribution is -2.36. The largest absolute Gasteiger partial charge is 0.392 e. The van der Waals surface area contributed by atoms with Crippen LogP contribution >= 0.6 is 0 Å². The SMILES string of the molecule is CCC(CC)C(O)CNCC(=O)Nc1ccccc1. The number of carbonyl (C=O) groups excluding carboxylic acids is 1. The molecule has 0 aliphatic carbocycles. The Hall–Kier alpha value is -1.39. The molecule has 1 amide bonds. The van der Waals surface area contributed by atoms with Gasteiger partial charge < -0.3 is 15.7 Å². The van der Waals surface area contributed by atoms with Gasteiger partial charge in [-0.2, -0.15) is 0 Å². The van der Waals surface area contributed by atoms with E-state index >= 15 is 0 Å². The molecule has 0 radical (unpaired) electrons. The van der Waals surface area contributed by atoms with E-state index in [1.807, 2.05) is 30.3 Å². The summed E-state index contributed by atoms with van der Waals surface area (Å²) < 4.78 is 0. The van der Waals surface area contributed by atoms with Crippen LogP contribution in [0.5, 0.6) is 0 Å². The maximum atomic E-state index is 11.6. The first kappa shape index (κ1) is 15.7. The van der Waals surface area contributed by atoms with Crippen LogP contribution in [0, 0.1) is 5.92 Å². The number of benzene rings is 1. The van der Waals surface area contributed by atoms with E-state index in [0.29, 0.717) is 12.5 Å². The number of amides is 1. The molecule has 1 aromatic rings. The third kappa shape index (κ3) is 5.85. The van der Waals surface area contributed by atoms with Crippen LogP contribution in [0.1, 0.15) is 26.7 Å². The Morgan fingerprint density at radius 2 is 1.84 bits per heavy atom. The van der Waals surface area contributed by atoms with Crippen molar-refractivity contribution in [1.29, 1.82) is 0 Å². The van der Waals surface area contributed by atoms with E-state index in [1.54, 1.807) is 0 Å². The number of hydrogen-bond donors (Lipinski definition) is 3. The zero-order valence-electron chi connectivity index (χ0n) is 11.7. The van der Waals surface area contributed by atoms with Gasteiger partial charge in [0.25, 0.3) is 0 Å². The molecule has 0 fully saturated rings. The Kier molecular flexibility index (Phi) is 7.15. The van der Waals surface area contributed by atoms with Gasteiger partial charge in [-0.3, -0.25) is 4.79 Å². The van der Waals surface area contributed by atoms with E-state index in [0.717, 1.165) is 18.5 Å². The summed E-state index contributed by atoms with van der Waals surface area (Å²) in [5, 5.41) is 15.7. The Balaban J connectivity index is 2.24. The number of anilines is 1. The monoisotopic (exact) mass is 264 g/mol. The Morgan fingerprint density at radius 1 is 1.21 bits per heavy atom. The third-order valence-corrected chi connectivity index (χ3v) is 3.29. The maximum Gasteiger partial charge on any atom is 0.238 e. The quantitative estimate of drug-likeness (QED) is 0.673. The number of rotatable bonds is 8. The molecule has 0 saturated heterocycles. The van der Waals surface area contributed by atoms with Crippen molar-refractivity contribution in [2.24, 2.45) is 5.92 Å². The van der Waals surface area contributed by atoms with Crippen molar-refractivity contribution in [3.05, 3.63) is 30.3 Å². The molecule has 106 valence electrons. The van der Waals surface area contributed by atoms with E-state index < -0.39 is 0 Å². The summed E-state index contributed by atoms with van der Waals surface area (Å²) in [6.07, 6.45) is 1.52. The highest BCUT2D eigenvalue weighted by Crippen LogP contribution is 2.12. The molecule has 0 aliphatic rings. The van der Waals surface area contributed by atoms with Crippen molar-refractivity contribution in [2.45, 2.75) is 32.8 Å². The van der Waals surface area contributed by atoms with Crippen molar-refractivity contribution in [3.8, 4) is 0 Å². The third-order valence-electron chi connectivity index (χ3n) is 3.29. The Bertz CT molecular complexity index is 364. The first-order valence-electron chi connectivity index (χ1n) is 6.91. The number of aliphatic hydroxyl groups excluding tert-OH is 1. The fourth-order valence-electron chi connectivity index (χ4n) is 2.06. The zero-order valence-corrected chi connectivity index (χ0v) is 11.7. The number of aliphatic hydroxyl groups is 1. The predicted molar refractivity (Wildman–Crippen MR) is 78.0 cm³/mol. The van der Waals surface area contributed by atoms with Gasteiger partial charge in [0.15, 0.2) is 0 Å². The lowest BCUT2D eigenvalue weighted by atomic mass is 9.97. The molecule has 0 saturated carbocycles. The highest BCUT2D eigenvalue weighted by Gasteiger charge is 2.15. The van der Waals surface area contributed by atoms with Crippen molar-refractivity contribution >= 4 is 11.6 Å². The maximum absolute atomic E-state index is 11.6. The number of hydrogen-bond acceptors (Lipinski definition) is 3. The molecule has 0 aliphatic heterocycles. The van der Waals surface area contributed by atoms with Gasteiger partial charge in [0.1, 0.15) is 0 Å². The smallest absolute Gasteiger partial charge is 0.238 e. The summed E-state index contributed by atoms with van der Waals surface area (Å²) >= 11 is 0. The molecule has 1 unspecified atom stereocenters. The van der Waals surface area contributed by atoms with E-state index in [2.05, 4.69) is 24.5 Å². The van der Waals surface area contributed by atoms with E-state index in [9.17, 15) is 9.90 Å². The average Bonchev–Trinajstić information content (AvgIpc) is 2.41. The molecule has 19 heavy (non-hydrogen) atoms. The number of nitrogens with one attached hydrogen (secondary N) is 2. The Morgan fingerprint density at radius 3 is 2.42 bits per heavy atom. The van der Waals surface area contributed by atoms with E-state index in [-0.39, 0.29) is 18.6 Å². The average molecular weight is 264 g/mol. The molecular weight excluding hydrogens is 240 g/mol. The van der Waals surface area contributed by atoms with Gasteiger partial charge in [0.05, 0.1) is 12.6 Å².